The van der Waals surface area contributed by atoms with E-state index in [9.17, 15) is 0 Å². The number of hydrogen-bond donors (Lipinski definition) is 1. The summed E-state index contributed by atoms with van der Waals surface area (Å²) < 4.78 is 4.31. The van der Waals surface area contributed by atoms with Gasteiger partial charge in [-0.15, -0.1) is 20.7 Å². The topological polar surface area (TPSA) is 26.0 Å². The zero-order valence-corrected chi connectivity index (χ0v) is 10.4. The molecule has 0 saturated heterocycles. The normalized spacial score (nSPS) is 45.6. The van der Waals surface area contributed by atoms with Gasteiger partial charge in [0.05, 0.1) is 3.55 Å². The minimum Gasteiger partial charge on any atom is -0.317 e. The Morgan fingerprint density at radius 2 is 1.85 bits per heavy atom. The van der Waals surface area contributed by atoms with Gasteiger partial charge in [-0.1, -0.05) is 30.2 Å². The van der Waals surface area contributed by atoms with Gasteiger partial charge in [0, 0.05) is 0 Å². The molecule has 2 saturated carbocycles. The van der Waals surface area contributed by atoms with E-state index in [4.69, 9.17) is 5.73 Å². The zero-order valence-electron chi connectivity index (χ0n) is 8.27. The van der Waals surface area contributed by atoms with E-state index in [-0.39, 0.29) is 24.3 Å². The summed E-state index contributed by atoms with van der Waals surface area (Å²) in [4.78, 5) is 0. The summed E-state index contributed by atoms with van der Waals surface area (Å²) in [6.07, 6.45) is 9.82. The molecule has 2 fully saturated rings. The lowest BCUT2D eigenvalue weighted by atomic mass is 9.69. The van der Waals surface area contributed by atoms with Crippen molar-refractivity contribution in [3.8, 4) is 0 Å². The van der Waals surface area contributed by atoms with Gasteiger partial charge in [-0.05, 0) is 31.1 Å². The van der Waals surface area contributed by atoms with Gasteiger partial charge in [0.2, 0.25) is 0 Å². The van der Waals surface area contributed by atoms with Gasteiger partial charge >= 0.3 is 0 Å². The van der Waals surface area contributed by atoms with Crippen LogP contribution >= 0.6 is 20.7 Å². The zero-order chi connectivity index (χ0) is 9.31. The van der Waals surface area contributed by atoms with Crippen molar-refractivity contribution in [1.82, 2.24) is 0 Å². The molecule has 2 rings (SSSR count). The van der Waals surface area contributed by atoms with Crippen LogP contribution in [0.1, 0.15) is 44.9 Å². The van der Waals surface area contributed by atoms with Crippen molar-refractivity contribution in [2.45, 2.75) is 48.5 Å². The lowest BCUT2D eigenvalue weighted by Gasteiger charge is -2.43. The Bertz CT molecular complexity index is 204. The maximum atomic E-state index is 6.35. The molecule has 0 aromatic carbocycles. The molecule has 0 spiro atoms. The summed E-state index contributed by atoms with van der Waals surface area (Å²) in [5.74, 6) is 2.00. The Kier molecular flexibility index (Phi) is 3.08. The molecule has 0 bridgehead atoms. The number of fused-ring (bicyclic) bond motifs is 1. The Labute approximate surface area is 91.2 Å². The van der Waals surface area contributed by atoms with Crippen LogP contribution in [0.2, 0.25) is 0 Å². The summed E-state index contributed by atoms with van der Waals surface area (Å²) in [5.41, 5.74) is 6.35. The van der Waals surface area contributed by atoms with Gasteiger partial charge in [-0.25, -0.2) is 0 Å². The fourth-order valence-electron chi connectivity index (χ4n) is 3.02. The molecule has 0 aromatic heterocycles. The third-order valence-electron chi connectivity index (χ3n) is 3.86. The molecule has 3 atom stereocenters. The smallest absolute Gasteiger partial charge is 0.0629 e. The van der Waals surface area contributed by atoms with Crippen LogP contribution in [0, 0.1) is 11.8 Å². The molecule has 3 unspecified atom stereocenters. The van der Waals surface area contributed by atoms with Gasteiger partial charge in [0.25, 0.3) is 0 Å². The average Bonchev–Trinajstić information content (AvgIpc) is 2.18. The van der Waals surface area contributed by atoms with Gasteiger partial charge in [-0.2, -0.15) is 0 Å². The van der Waals surface area contributed by atoms with Gasteiger partial charge in [0.1, 0.15) is 0 Å². The quantitative estimate of drug-likeness (QED) is 0.449. The molecule has 0 aromatic rings. The standard InChI is InChI=1S/C11H20IN/c1-12-11(13)7-6-9-4-2-3-5-10(9)8-11/h9-10H,1-8,13H2. The highest BCUT2D eigenvalue weighted by atomic mass is 127. The number of halogens is 1. The minimum absolute atomic E-state index is 0.00349. The Hall–Kier alpha value is 0.560. The van der Waals surface area contributed by atoms with Gasteiger partial charge < -0.3 is 5.73 Å². The van der Waals surface area contributed by atoms with E-state index >= 15 is 0 Å². The van der Waals surface area contributed by atoms with E-state index in [0.29, 0.717) is 0 Å². The third kappa shape index (κ3) is 2.14. The fourth-order valence-corrected chi connectivity index (χ4v) is 4.59. The van der Waals surface area contributed by atoms with E-state index in [1.54, 1.807) is 0 Å². The summed E-state index contributed by atoms with van der Waals surface area (Å²) in [6.45, 7) is 0. The predicted molar refractivity (Wildman–Crippen MR) is 67.4 cm³/mol. The summed E-state index contributed by atoms with van der Waals surface area (Å²) in [5, 5.41) is 0. The van der Waals surface area contributed by atoms with Crippen LogP contribution in [-0.2, 0) is 0 Å². The maximum Gasteiger partial charge on any atom is 0.0629 e. The van der Waals surface area contributed by atoms with Crippen LogP contribution < -0.4 is 5.73 Å². The van der Waals surface area contributed by atoms with Crippen molar-refractivity contribution < 1.29 is 0 Å². The lowest BCUT2D eigenvalue weighted by molar-refractivity contribution is 0.152. The summed E-state index contributed by atoms with van der Waals surface area (Å²) >= 11 is -0.00349. The highest BCUT2D eigenvalue weighted by Gasteiger charge is 2.37. The highest BCUT2D eigenvalue weighted by Crippen LogP contribution is 2.46. The molecule has 0 radical (unpaired) electrons. The molecular formula is C11H20IN. The summed E-state index contributed by atoms with van der Waals surface area (Å²) in [6, 6.07) is 0. The molecular weight excluding hydrogens is 273 g/mol. The molecule has 0 amide bonds. The first-order chi connectivity index (χ1) is 6.23. The second-order valence-corrected chi connectivity index (χ2v) is 7.63. The number of alkyl halides is 1. The first kappa shape index (κ1) is 10.1. The van der Waals surface area contributed by atoms with Crippen molar-refractivity contribution in [1.29, 1.82) is 0 Å². The van der Waals surface area contributed by atoms with Gasteiger partial charge in [-0.3, -0.25) is 0 Å². The molecule has 13 heavy (non-hydrogen) atoms. The second kappa shape index (κ2) is 3.97. The minimum atomic E-state index is -0.00349. The van der Waals surface area contributed by atoms with Crippen molar-refractivity contribution >= 4 is 25.2 Å². The van der Waals surface area contributed by atoms with Crippen molar-refractivity contribution in [2.75, 3.05) is 0 Å². The first-order valence-electron chi connectivity index (χ1n) is 5.42. The number of nitrogens with two attached hydrogens (primary N) is 1. The number of rotatable bonds is 1. The van der Waals surface area contributed by atoms with Crippen molar-refractivity contribution in [2.24, 2.45) is 17.6 Å². The second-order valence-electron chi connectivity index (χ2n) is 4.72. The molecule has 1 nitrogen and oxygen atoms in total. The SMILES string of the molecule is C=IC1(N)CCC2CCCCC2C1. The monoisotopic (exact) mass is 293 g/mol. The maximum absolute atomic E-state index is 6.35. The van der Waals surface area contributed by atoms with Gasteiger partial charge in [0.15, 0.2) is 0 Å². The molecule has 2 aliphatic rings. The van der Waals surface area contributed by atoms with E-state index in [0.717, 1.165) is 11.8 Å². The number of hydrogen-bond acceptors (Lipinski definition) is 1. The van der Waals surface area contributed by atoms with Crippen LogP contribution in [0.25, 0.3) is 0 Å². The fraction of sp³-hybridized carbons (Fsp3) is 0.909. The third-order valence-corrected chi connectivity index (χ3v) is 6.36. The molecule has 2 heteroatoms. The predicted octanol–water partition coefficient (Wildman–Crippen LogP) is 3.03. The van der Waals surface area contributed by atoms with Crippen LogP contribution in [0.4, 0.5) is 0 Å². The average molecular weight is 293 g/mol. The van der Waals surface area contributed by atoms with E-state index in [1.807, 2.05) is 0 Å². The molecule has 76 valence electrons. The van der Waals surface area contributed by atoms with E-state index in [1.165, 1.54) is 44.9 Å². The van der Waals surface area contributed by atoms with Crippen LogP contribution in [-0.4, -0.2) is 8.06 Å². The molecule has 0 aliphatic heterocycles. The largest absolute Gasteiger partial charge is 0.317 e. The van der Waals surface area contributed by atoms with Crippen LogP contribution in [0.3, 0.4) is 0 Å². The van der Waals surface area contributed by atoms with E-state index < -0.39 is 0 Å². The van der Waals surface area contributed by atoms with Crippen molar-refractivity contribution in [3.63, 3.8) is 0 Å². The highest BCUT2D eigenvalue weighted by molar-refractivity contribution is 14.2. The lowest BCUT2D eigenvalue weighted by Crippen LogP contribution is -2.42. The Morgan fingerprint density at radius 3 is 2.54 bits per heavy atom. The Morgan fingerprint density at radius 1 is 1.15 bits per heavy atom. The van der Waals surface area contributed by atoms with Crippen LogP contribution in [0.15, 0.2) is 0 Å². The van der Waals surface area contributed by atoms with Crippen molar-refractivity contribution in [3.05, 3.63) is 0 Å². The van der Waals surface area contributed by atoms with Crippen LogP contribution in [0.5, 0.6) is 0 Å². The Balaban J connectivity index is 2.02. The molecule has 0 heterocycles. The summed E-state index contributed by atoms with van der Waals surface area (Å²) in [7, 11) is 0. The van der Waals surface area contributed by atoms with E-state index in [2.05, 4.69) is 4.51 Å². The molecule has 2 N–H and O–H groups in total. The first-order valence-corrected chi connectivity index (χ1v) is 8.02. The molecule has 2 aliphatic carbocycles.